The number of aromatic nitrogens is 1. The lowest BCUT2D eigenvalue weighted by Crippen LogP contribution is -2.50. The summed E-state index contributed by atoms with van der Waals surface area (Å²) in [5, 5.41) is 2.95. The van der Waals surface area contributed by atoms with Gasteiger partial charge in [-0.1, -0.05) is 18.2 Å². The van der Waals surface area contributed by atoms with E-state index in [2.05, 4.69) is 10.3 Å². The molecule has 0 bridgehead atoms. The van der Waals surface area contributed by atoms with E-state index in [1.807, 2.05) is 36.4 Å². The van der Waals surface area contributed by atoms with Crippen molar-refractivity contribution in [1.82, 2.24) is 10.3 Å². The van der Waals surface area contributed by atoms with Crippen LogP contribution < -0.4 is 15.8 Å². The van der Waals surface area contributed by atoms with Crippen molar-refractivity contribution in [3.63, 3.8) is 0 Å². The molecule has 120 valence electrons. The number of nitrogens with two attached hydrogens (primary N) is 1. The molecule has 1 atom stereocenters. The third kappa shape index (κ3) is 2.92. The maximum Gasteiger partial charge on any atom is 0.244 e. The second-order valence-electron chi connectivity index (χ2n) is 5.78. The van der Waals surface area contributed by atoms with E-state index in [1.165, 1.54) is 0 Å². The molecule has 1 aliphatic carbocycles. The van der Waals surface area contributed by atoms with Gasteiger partial charge in [-0.15, -0.1) is 0 Å². The van der Waals surface area contributed by atoms with Crippen LogP contribution in [0.3, 0.4) is 0 Å². The van der Waals surface area contributed by atoms with Crippen LogP contribution in [0.1, 0.15) is 23.2 Å². The van der Waals surface area contributed by atoms with Crippen molar-refractivity contribution in [1.29, 1.82) is 0 Å². The van der Waals surface area contributed by atoms with E-state index in [4.69, 9.17) is 10.5 Å². The van der Waals surface area contributed by atoms with E-state index in [0.29, 0.717) is 19.4 Å². The Hall–Kier alpha value is -2.40. The van der Waals surface area contributed by atoms with Gasteiger partial charge in [-0.05, 0) is 42.2 Å². The summed E-state index contributed by atoms with van der Waals surface area (Å²) >= 11 is 0. The Bertz CT molecular complexity index is 703. The molecule has 0 aliphatic heterocycles. The maximum atomic E-state index is 12.6. The van der Waals surface area contributed by atoms with Gasteiger partial charge in [0.25, 0.3) is 0 Å². The Balaban J connectivity index is 1.69. The highest BCUT2D eigenvalue weighted by Gasteiger charge is 2.42. The van der Waals surface area contributed by atoms with Crippen LogP contribution >= 0.6 is 0 Å². The molecule has 0 saturated heterocycles. The van der Waals surface area contributed by atoms with Gasteiger partial charge in [0.2, 0.25) is 5.91 Å². The van der Waals surface area contributed by atoms with Gasteiger partial charge in [0, 0.05) is 24.9 Å². The van der Waals surface area contributed by atoms with Crippen molar-refractivity contribution in [3.05, 3.63) is 59.4 Å². The third-order valence-electron chi connectivity index (χ3n) is 4.40. The van der Waals surface area contributed by atoms with Crippen LogP contribution in [0, 0.1) is 0 Å². The smallest absolute Gasteiger partial charge is 0.244 e. The lowest BCUT2D eigenvalue weighted by Gasteiger charge is -2.24. The highest BCUT2D eigenvalue weighted by molar-refractivity contribution is 5.89. The number of methoxy groups -OCH3 is 1. The predicted octanol–water partition coefficient (Wildman–Crippen LogP) is 1.55. The van der Waals surface area contributed by atoms with Crippen molar-refractivity contribution in [2.45, 2.75) is 24.8 Å². The molecular formula is C18H21N3O2. The zero-order chi connectivity index (χ0) is 16.3. The average Bonchev–Trinajstić information content (AvgIpc) is 2.94. The van der Waals surface area contributed by atoms with E-state index in [1.54, 1.807) is 13.3 Å². The molecule has 23 heavy (non-hydrogen) atoms. The van der Waals surface area contributed by atoms with Crippen molar-refractivity contribution < 1.29 is 9.53 Å². The Morgan fingerprint density at radius 2 is 2.22 bits per heavy atom. The molecule has 1 heterocycles. The number of hydrogen-bond donors (Lipinski definition) is 2. The fraction of sp³-hybridized carbons (Fsp3) is 0.333. The summed E-state index contributed by atoms with van der Waals surface area (Å²) < 4.78 is 5.37. The van der Waals surface area contributed by atoms with Gasteiger partial charge in [-0.3, -0.25) is 9.78 Å². The summed E-state index contributed by atoms with van der Waals surface area (Å²) in [5.74, 6) is 0.663. The summed E-state index contributed by atoms with van der Waals surface area (Å²) in [6, 6.07) is 11.5. The molecule has 1 aromatic carbocycles. The molecule has 5 nitrogen and oxygen atoms in total. The minimum Gasteiger partial charge on any atom is -0.496 e. The normalized spacial score (nSPS) is 19.2. The zero-order valence-electron chi connectivity index (χ0n) is 13.2. The molecule has 0 spiro atoms. The monoisotopic (exact) mass is 311 g/mol. The first-order valence-electron chi connectivity index (χ1n) is 7.78. The van der Waals surface area contributed by atoms with E-state index in [9.17, 15) is 4.79 Å². The van der Waals surface area contributed by atoms with Gasteiger partial charge in [0.05, 0.1) is 7.11 Å². The quantitative estimate of drug-likeness (QED) is 0.878. The molecule has 1 aromatic heterocycles. The van der Waals surface area contributed by atoms with Gasteiger partial charge in [0.15, 0.2) is 0 Å². The van der Waals surface area contributed by atoms with Gasteiger partial charge >= 0.3 is 0 Å². The Morgan fingerprint density at radius 3 is 2.96 bits per heavy atom. The highest BCUT2D eigenvalue weighted by atomic mass is 16.5. The molecule has 0 saturated carbocycles. The first-order chi connectivity index (χ1) is 11.1. The third-order valence-corrected chi connectivity index (χ3v) is 4.40. The minimum absolute atomic E-state index is 0.138. The predicted molar refractivity (Wildman–Crippen MR) is 88.1 cm³/mol. The lowest BCUT2D eigenvalue weighted by molar-refractivity contribution is -0.126. The van der Waals surface area contributed by atoms with E-state index in [-0.39, 0.29) is 5.91 Å². The van der Waals surface area contributed by atoms with Gasteiger partial charge < -0.3 is 15.8 Å². The molecule has 3 rings (SSSR count). The minimum atomic E-state index is -0.978. The SMILES string of the molecule is COc1cccc2c1CCC2(N)C(=O)NCCc1ccccn1. The number of carbonyl (C=O) groups is 1. The number of fused-ring (bicyclic) bond motifs is 1. The molecule has 1 aliphatic rings. The van der Waals surface area contributed by atoms with Crippen molar-refractivity contribution in [2.75, 3.05) is 13.7 Å². The van der Waals surface area contributed by atoms with Crippen LogP contribution in [-0.4, -0.2) is 24.5 Å². The van der Waals surface area contributed by atoms with Crippen LogP contribution in [0.4, 0.5) is 0 Å². The number of pyridine rings is 1. The number of nitrogens with zero attached hydrogens (tertiary/aromatic N) is 1. The van der Waals surface area contributed by atoms with Crippen LogP contribution in [0.5, 0.6) is 5.75 Å². The summed E-state index contributed by atoms with van der Waals surface area (Å²) in [7, 11) is 1.64. The van der Waals surface area contributed by atoms with Crippen molar-refractivity contribution >= 4 is 5.91 Å². The molecule has 5 heteroatoms. The van der Waals surface area contributed by atoms with Gasteiger partial charge in [0.1, 0.15) is 11.3 Å². The molecule has 2 aromatic rings. The molecule has 1 amide bonds. The zero-order valence-corrected chi connectivity index (χ0v) is 13.2. The summed E-state index contributed by atoms with van der Waals surface area (Å²) in [6.45, 7) is 0.522. The second kappa shape index (κ2) is 6.38. The number of benzene rings is 1. The average molecular weight is 311 g/mol. The van der Waals surface area contributed by atoms with Crippen LogP contribution in [0.15, 0.2) is 42.6 Å². The number of carbonyl (C=O) groups excluding carboxylic acids is 1. The summed E-state index contributed by atoms with van der Waals surface area (Å²) in [5.41, 5.74) is 8.31. The van der Waals surface area contributed by atoms with Gasteiger partial charge in [-0.2, -0.15) is 0 Å². The van der Waals surface area contributed by atoms with Crippen LogP contribution in [-0.2, 0) is 23.2 Å². The largest absolute Gasteiger partial charge is 0.496 e. The molecular weight excluding hydrogens is 290 g/mol. The first-order valence-corrected chi connectivity index (χ1v) is 7.78. The van der Waals surface area contributed by atoms with Crippen LogP contribution in [0.2, 0.25) is 0 Å². The summed E-state index contributed by atoms with van der Waals surface area (Å²) in [4.78, 5) is 16.9. The second-order valence-corrected chi connectivity index (χ2v) is 5.78. The van der Waals surface area contributed by atoms with Crippen LogP contribution in [0.25, 0.3) is 0 Å². The number of ether oxygens (including phenoxy) is 1. The number of amides is 1. The molecule has 0 radical (unpaired) electrons. The van der Waals surface area contributed by atoms with E-state index >= 15 is 0 Å². The topological polar surface area (TPSA) is 77.2 Å². The maximum absolute atomic E-state index is 12.6. The number of rotatable bonds is 5. The summed E-state index contributed by atoms with van der Waals surface area (Å²) in [6.07, 6.45) is 3.79. The highest BCUT2D eigenvalue weighted by Crippen LogP contribution is 2.39. The van der Waals surface area contributed by atoms with E-state index < -0.39 is 5.54 Å². The van der Waals surface area contributed by atoms with Gasteiger partial charge in [-0.25, -0.2) is 0 Å². The Kier molecular flexibility index (Phi) is 4.30. The standard InChI is InChI=1S/C18H21N3O2/c1-23-16-7-4-6-15-14(16)8-10-18(15,19)17(22)21-12-9-13-5-2-3-11-20-13/h2-7,11H,8-10,12,19H2,1H3,(H,21,22). The fourth-order valence-corrected chi connectivity index (χ4v) is 3.13. The van der Waals surface area contributed by atoms with Crippen molar-refractivity contribution in [2.24, 2.45) is 5.73 Å². The Labute approximate surface area is 135 Å². The molecule has 3 N–H and O–H groups in total. The molecule has 1 unspecified atom stereocenters. The fourth-order valence-electron chi connectivity index (χ4n) is 3.13. The Morgan fingerprint density at radius 1 is 1.35 bits per heavy atom. The molecule has 0 fully saturated rings. The van der Waals surface area contributed by atoms with E-state index in [0.717, 1.165) is 29.0 Å². The van der Waals surface area contributed by atoms with Crippen molar-refractivity contribution in [3.8, 4) is 5.75 Å². The number of hydrogen-bond acceptors (Lipinski definition) is 4. The number of nitrogens with one attached hydrogen (secondary N) is 1. The lowest BCUT2D eigenvalue weighted by atomic mass is 9.92. The first kappa shape index (κ1) is 15.5.